The molecule has 17 heavy (non-hydrogen) atoms. The number of hydrogen-bond donors (Lipinski definition) is 2. The number of nitrogens with zero attached hydrogens (tertiary/aromatic N) is 1. The van der Waals surface area contributed by atoms with Crippen LogP contribution in [0.2, 0.25) is 0 Å². The van der Waals surface area contributed by atoms with E-state index in [9.17, 15) is 9.59 Å². The van der Waals surface area contributed by atoms with E-state index in [0.717, 1.165) is 0 Å². The third kappa shape index (κ3) is 3.67. The number of amides is 1. The summed E-state index contributed by atoms with van der Waals surface area (Å²) < 4.78 is 3.97. The molecule has 0 saturated carbocycles. The third-order valence-electron chi connectivity index (χ3n) is 2.21. The number of carboxylic acids is 1. The number of carbonyl (C=O) groups is 2. The van der Waals surface area contributed by atoms with Crippen LogP contribution in [0.1, 0.15) is 29.4 Å². The minimum absolute atomic E-state index is 0.272. The molecule has 0 aliphatic carbocycles. The van der Waals surface area contributed by atoms with Gasteiger partial charge in [0, 0.05) is 5.38 Å². The number of carbonyl (C=O) groups excluding carboxylic acids is 1. The van der Waals surface area contributed by atoms with Gasteiger partial charge in [0.2, 0.25) is 0 Å². The van der Waals surface area contributed by atoms with E-state index in [1.54, 1.807) is 31.4 Å². The van der Waals surface area contributed by atoms with Crippen molar-refractivity contribution in [1.29, 1.82) is 0 Å². The molecule has 0 aliphatic rings. The van der Waals surface area contributed by atoms with Crippen LogP contribution in [-0.2, 0) is 4.79 Å². The molecular weight excluding hydrogens is 240 g/mol. The van der Waals surface area contributed by atoms with Gasteiger partial charge < -0.3 is 10.4 Å². The second-order valence-corrected chi connectivity index (χ2v) is 4.11. The molecule has 1 rings (SSSR count). The quantitative estimate of drug-likeness (QED) is 0.782. The fourth-order valence-electron chi connectivity index (χ4n) is 1.24. The zero-order chi connectivity index (χ0) is 12.8. The summed E-state index contributed by atoms with van der Waals surface area (Å²) in [5, 5.41) is 13.0. The summed E-state index contributed by atoms with van der Waals surface area (Å²) in [6, 6.07) is -0.905. The van der Waals surface area contributed by atoms with E-state index in [-0.39, 0.29) is 6.42 Å². The van der Waals surface area contributed by atoms with Crippen LogP contribution in [0.25, 0.3) is 0 Å². The van der Waals surface area contributed by atoms with Crippen LogP contribution in [-0.4, -0.2) is 27.4 Å². The Bertz CT molecular complexity index is 440. The molecule has 0 aromatic carbocycles. The molecule has 6 heteroatoms. The van der Waals surface area contributed by atoms with Gasteiger partial charge in [-0.15, -0.1) is 0 Å². The molecule has 5 nitrogen and oxygen atoms in total. The summed E-state index contributed by atoms with van der Waals surface area (Å²) in [6.45, 7) is 3.51. The number of aliphatic carboxylic acids is 1. The number of carboxylic acid groups (broad SMARTS) is 1. The number of aromatic nitrogens is 1. The molecule has 1 atom stereocenters. The Labute approximate surface area is 103 Å². The lowest BCUT2D eigenvalue weighted by Gasteiger charge is -2.12. The lowest BCUT2D eigenvalue weighted by atomic mass is 10.1. The molecule has 0 fully saturated rings. The zero-order valence-electron chi connectivity index (χ0n) is 9.64. The van der Waals surface area contributed by atoms with Gasteiger partial charge in [-0.3, -0.25) is 4.79 Å². The first kappa shape index (κ1) is 13.4. The summed E-state index contributed by atoms with van der Waals surface area (Å²) >= 11 is 1.18. The van der Waals surface area contributed by atoms with Crippen molar-refractivity contribution in [1.82, 2.24) is 9.69 Å². The minimum atomic E-state index is -1.04. The first-order chi connectivity index (χ1) is 8.06. The molecule has 1 aromatic heterocycles. The van der Waals surface area contributed by atoms with Gasteiger partial charge in [0.15, 0.2) is 0 Å². The van der Waals surface area contributed by atoms with E-state index in [1.165, 1.54) is 11.5 Å². The van der Waals surface area contributed by atoms with Crippen molar-refractivity contribution in [3.05, 3.63) is 28.8 Å². The Morgan fingerprint density at radius 3 is 2.82 bits per heavy atom. The van der Waals surface area contributed by atoms with Crippen LogP contribution in [0.3, 0.4) is 0 Å². The average molecular weight is 254 g/mol. The summed E-state index contributed by atoms with van der Waals surface area (Å²) in [6.07, 6.45) is 3.73. The number of nitrogens with one attached hydrogen (secondary N) is 1. The molecule has 1 unspecified atom stereocenters. The van der Waals surface area contributed by atoms with Crippen LogP contribution >= 0.6 is 11.5 Å². The zero-order valence-corrected chi connectivity index (χ0v) is 10.5. The van der Waals surface area contributed by atoms with Gasteiger partial charge in [0.1, 0.15) is 6.04 Å². The van der Waals surface area contributed by atoms with Crippen molar-refractivity contribution in [2.24, 2.45) is 0 Å². The van der Waals surface area contributed by atoms with Crippen molar-refractivity contribution >= 4 is 23.4 Å². The lowest BCUT2D eigenvalue weighted by molar-refractivity contribution is -0.139. The second-order valence-electron chi connectivity index (χ2n) is 3.48. The van der Waals surface area contributed by atoms with Gasteiger partial charge >= 0.3 is 5.97 Å². The number of aryl methyl sites for hydroxylation is 1. The minimum Gasteiger partial charge on any atom is -0.480 e. The summed E-state index contributed by atoms with van der Waals surface area (Å²) in [5.74, 6) is -1.44. The van der Waals surface area contributed by atoms with Crippen LogP contribution in [0.5, 0.6) is 0 Å². The fraction of sp³-hybridized carbons (Fsp3) is 0.364. The van der Waals surface area contributed by atoms with E-state index in [2.05, 4.69) is 9.69 Å². The Balaban J connectivity index is 2.71. The predicted molar refractivity (Wildman–Crippen MR) is 65.2 cm³/mol. The molecule has 0 aliphatic heterocycles. The summed E-state index contributed by atoms with van der Waals surface area (Å²) in [5.41, 5.74) is 1.05. The molecule has 0 bridgehead atoms. The second kappa shape index (κ2) is 6.15. The van der Waals surface area contributed by atoms with Crippen molar-refractivity contribution < 1.29 is 14.7 Å². The third-order valence-corrected chi connectivity index (χ3v) is 2.93. The highest BCUT2D eigenvalue weighted by atomic mass is 32.1. The standard InChI is InChI=1S/C11H14N2O3S/c1-3-4-5-9(11(15)16)12-10(14)8-6-17-13-7(8)2/h3-4,6,9H,5H2,1-2H3,(H,12,14)(H,15,16)/b4-3+. The maximum Gasteiger partial charge on any atom is 0.326 e. The average Bonchev–Trinajstić information content (AvgIpc) is 2.70. The van der Waals surface area contributed by atoms with Gasteiger partial charge in [-0.1, -0.05) is 12.2 Å². The molecule has 1 amide bonds. The van der Waals surface area contributed by atoms with E-state index >= 15 is 0 Å². The molecule has 1 heterocycles. The van der Waals surface area contributed by atoms with Crippen molar-refractivity contribution in [3.63, 3.8) is 0 Å². The number of rotatable bonds is 5. The molecule has 2 N–H and O–H groups in total. The van der Waals surface area contributed by atoms with Crippen molar-refractivity contribution in [2.45, 2.75) is 26.3 Å². The van der Waals surface area contributed by atoms with Gasteiger partial charge in [-0.2, -0.15) is 4.37 Å². The van der Waals surface area contributed by atoms with Crippen molar-refractivity contribution in [2.75, 3.05) is 0 Å². The van der Waals surface area contributed by atoms with Crippen molar-refractivity contribution in [3.8, 4) is 0 Å². The normalized spacial score (nSPS) is 12.6. The van der Waals surface area contributed by atoms with Gasteiger partial charge in [0.25, 0.3) is 5.91 Å². The van der Waals surface area contributed by atoms with E-state index in [0.29, 0.717) is 11.3 Å². The highest BCUT2D eigenvalue weighted by Crippen LogP contribution is 2.09. The largest absolute Gasteiger partial charge is 0.480 e. The number of hydrogen-bond acceptors (Lipinski definition) is 4. The predicted octanol–water partition coefficient (Wildman–Crippen LogP) is 1.60. The first-order valence-electron chi connectivity index (χ1n) is 5.12. The maximum atomic E-state index is 11.8. The van der Waals surface area contributed by atoms with Gasteiger partial charge in [-0.25, -0.2) is 4.79 Å². The van der Waals surface area contributed by atoms with E-state index < -0.39 is 17.9 Å². The summed E-state index contributed by atoms with van der Waals surface area (Å²) in [7, 11) is 0. The van der Waals surface area contributed by atoms with E-state index in [1.807, 2.05) is 0 Å². The Hall–Kier alpha value is -1.69. The highest BCUT2D eigenvalue weighted by Gasteiger charge is 2.20. The molecule has 1 aromatic rings. The Kier molecular flexibility index (Phi) is 4.84. The molecule has 0 saturated heterocycles. The van der Waals surface area contributed by atoms with Crippen LogP contribution < -0.4 is 5.32 Å². The topological polar surface area (TPSA) is 79.3 Å². The van der Waals surface area contributed by atoms with E-state index in [4.69, 9.17) is 5.11 Å². The molecule has 92 valence electrons. The van der Waals surface area contributed by atoms with Crippen LogP contribution in [0.15, 0.2) is 17.5 Å². The number of allylic oxidation sites excluding steroid dienone is 1. The Morgan fingerprint density at radius 2 is 2.35 bits per heavy atom. The molecular formula is C11H14N2O3S. The van der Waals surface area contributed by atoms with Gasteiger partial charge in [-0.05, 0) is 31.8 Å². The smallest absolute Gasteiger partial charge is 0.326 e. The fourth-order valence-corrected chi connectivity index (χ4v) is 1.93. The maximum absolute atomic E-state index is 11.8. The molecule has 0 spiro atoms. The SMILES string of the molecule is C/C=C/CC(NC(=O)c1csnc1C)C(=O)O. The first-order valence-corrected chi connectivity index (χ1v) is 5.95. The molecule has 0 radical (unpaired) electrons. The van der Waals surface area contributed by atoms with Gasteiger partial charge in [0.05, 0.1) is 11.3 Å². The van der Waals surface area contributed by atoms with Crippen LogP contribution in [0, 0.1) is 6.92 Å². The monoisotopic (exact) mass is 254 g/mol. The summed E-state index contributed by atoms with van der Waals surface area (Å²) in [4.78, 5) is 22.7. The Morgan fingerprint density at radius 1 is 1.65 bits per heavy atom. The van der Waals surface area contributed by atoms with Crippen LogP contribution in [0.4, 0.5) is 0 Å². The lowest BCUT2D eigenvalue weighted by Crippen LogP contribution is -2.40. The highest BCUT2D eigenvalue weighted by molar-refractivity contribution is 7.03.